The lowest BCUT2D eigenvalue weighted by Crippen LogP contribution is -2.14. The summed E-state index contributed by atoms with van der Waals surface area (Å²) in [6.45, 7) is 4.68. The maximum atomic E-state index is 5.19. The van der Waals surface area contributed by atoms with Crippen molar-refractivity contribution in [1.82, 2.24) is 15.0 Å². The maximum absolute atomic E-state index is 5.19. The van der Waals surface area contributed by atoms with Crippen molar-refractivity contribution in [3.05, 3.63) is 199 Å². The summed E-state index contributed by atoms with van der Waals surface area (Å²) in [5, 5.41) is 2.34. The SMILES string of the molecule is CC1(C)c2ccccc2-c2ccc(-c3ccc(-c4ccc(-c5cc(-c6ccc(-c7cccnc7)cc6)nc(-c6ccccc6)n5)c5ccccc45)cc3)cc21. The lowest BCUT2D eigenvalue weighted by molar-refractivity contribution is 0.660. The molecule has 10 rings (SSSR count). The van der Waals surface area contributed by atoms with Crippen LogP contribution in [0.2, 0.25) is 0 Å². The summed E-state index contributed by atoms with van der Waals surface area (Å²) >= 11 is 0. The summed E-state index contributed by atoms with van der Waals surface area (Å²) < 4.78 is 0. The third-order valence-electron chi connectivity index (χ3n) is 11.2. The lowest BCUT2D eigenvalue weighted by Gasteiger charge is -2.22. The highest BCUT2D eigenvalue weighted by atomic mass is 14.9. The third-order valence-corrected chi connectivity index (χ3v) is 11.2. The molecule has 260 valence electrons. The topological polar surface area (TPSA) is 38.7 Å². The van der Waals surface area contributed by atoms with Crippen molar-refractivity contribution in [2.24, 2.45) is 0 Å². The molecule has 0 spiro atoms. The van der Waals surface area contributed by atoms with E-state index in [0.29, 0.717) is 5.82 Å². The fourth-order valence-electron chi connectivity index (χ4n) is 8.32. The molecule has 3 nitrogen and oxygen atoms in total. The van der Waals surface area contributed by atoms with E-state index in [9.17, 15) is 0 Å². The Balaban J connectivity index is 1.03. The van der Waals surface area contributed by atoms with Crippen molar-refractivity contribution in [1.29, 1.82) is 0 Å². The monoisotopic (exact) mass is 703 g/mol. The molecule has 1 aliphatic carbocycles. The molecule has 2 heterocycles. The molecule has 9 aromatic rings. The summed E-state index contributed by atoms with van der Waals surface area (Å²) in [5.41, 5.74) is 17.4. The Bertz CT molecular complexity index is 2860. The number of pyridine rings is 1. The lowest BCUT2D eigenvalue weighted by atomic mass is 9.81. The first kappa shape index (κ1) is 32.7. The summed E-state index contributed by atoms with van der Waals surface area (Å²) in [6.07, 6.45) is 3.69. The van der Waals surface area contributed by atoms with Crippen LogP contribution in [0.1, 0.15) is 25.0 Å². The van der Waals surface area contributed by atoms with E-state index < -0.39 is 0 Å². The van der Waals surface area contributed by atoms with E-state index in [-0.39, 0.29) is 5.41 Å². The van der Waals surface area contributed by atoms with Crippen LogP contribution in [0.5, 0.6) is 0 Å². The second-order valence-electron chi connectivity index (χ2n) is 14.9. The molecule has 0 N–H and O–H groups in total. The standard InChI is InChI=1S/C52H37N3/c1-52(2)47-17-9-8-16-44(47)45-27-26-39(31-48(45)52)34-18-22-36(23-19-34)41-28-29-46(43-15-7-6-14-42(41)43)50-32-49(54-51(55-50)38-11-4-3-5-12-38)37-24-20-35(21-25-37)40-13-10-30-53-33-40/h3-33H,1-2H3. The number of hydrogen-bond acceptors (Lipinski definition) is 3. The van der Waals surface area contributed by atoms with Gasteiger partial charge in [0, 0.05) is 34.5 Å². The van der Waals surface area contributed by atoms with Gasteiger partial charge in [0.15, 0.2) is 5.82 Å². The first-order valence-electron chi connectivity index (χ1n) is 18.8. The minimum absolute atomic E-state index is 0.0280. The molecule has 0 unspecified atom stereocenters. The molecule has 55 heavy (non-hydrogen) atoms. The van der Waals surface area contributed by atoms with Gasteiger partial charge in [0.05, 0.1) is 11.4 Å². The molecule has 2 aromatic heterocycles. The first-order chi connectivity index (χ1) is 27.0. The Morgan fingerprint density at radius 2 is 0.927 bits per heavy atom. The molecule has 0 bridgehead atoms. The first-order valence-corrected chi connectivity index (χ1v) is 18.8. The molecule has 7 aromatic carbocycles. The molecule has 0 saturated carbocycles. The van der Waals surface area contributed by atoms with Crippen molar-refractivity contribution in [2.75, 3.05) is 0 Å². The van der Waals surface area contributed by atoms with Gasteiger partial charge in [-0.1, -0.05) is 172 Å². The zero-order chi connectivity index (χ0) is 36.9. The van der Waals surface area contributed by atoms with E-state index in [4.69, 9.17) is 9.97 Å². The van der Waals surface area contributed by atoms with Crippen LogP contribution in [0.3, 0.4) is 0 Å². The predicted molar refractivity (Wildman–Crippen MR) is 228 cm³/mol. The Morgan fingerprint density at radius 3 is 1.69 bits per heavy atom. The number of rotatable bonds is 6. The van der Waals surface area contributed by atoms with E-state index >= 15 is 0 Å². The van der Waals surface area contributed by atoms with Gasteiger partial charge in [-0.3, -0.25) is 4.98 Å². The van der Waals surface area contributed by atoms with Gasteiger partial charge in [-0.05, 0) is 84.6 Å². The Hall–Kier alpha value is -6.97. The molecule has 0 saturated heterocycles. The predicted octanol–water partition coefficient (Wildman–Crippen LogP) is 13.3. The van der Waals surface area contributed by atoms with Gasteiger partial charge >= 0.3 is 0 Å². The van der Waals surface area contributed by atoms with Crippen LogP contribution in [0.25, 0.3) is 89.2 Å². The van der Waals surface area contributed by atoms with Gasteiger partial charge in [-0.2, -0.15) is 0 Å². The molecule has 0 atom stereocenters. The molecule has 0 radical (unpaired) electrons. The zero-order valence-electron chi connectivity index (χ0n) is 30.7. The number of aromatic nitrogens is 3. The maximum Gasteiger partial charge on any atom is 0.160 e. The van der Waals surface area contributed by atoms with E-state index in [1.165, 1.54) is 49.9 Å². The zero-order valence-corrected chi connectivity index (χ0v) is 30.7. The van der Waals surface area contributed by atoms with Crippen LogP contribution in [0.15, 0.2) is 188 Å². The molecule has 0 amide bonds. The highest BCUT2D eigenvalue weighted by molar-refractivity contribution is 6.05. The molecule has 1 aliphatic rings. The number of fused-ring (bicyclic) bond motifs is 4. The quantitative estimate of drug-likeness (QED) is 0.173. The molecule has 3 heteroatoms. The van der Waals surface area contributed by atoms with Gasteiger partial charge in [0.2, 0.25) is 0 Å². The molecule has 0 fully saturated rings. The highest BCUT2D eigenvalue weighted by Crippen LogP contribution is 2.49. The third kappa shape index (κ3) is 5.73. The summed E-state index contributed by atoms with van der Waals surface area (Å²) in [6, 6.07) is 62.9. The largest absolute Gasteiger partial charge is 0.264 e. The van der Waals surface area contributed by atoms with E-state index in [0.717, 1.165) is 44.6 Å². The summed E-state index contributed by atoms with van der Waals surface area (Å²) in [5.74, 6) is 0.701. The van der Waals surface area contributed by atoms with E-state index in [2.05, 4.69) is 170 Å². The smallest absolute Gasteiger partial charge is 0.160 e. The van der Waals surface area contributed by atoms with Gasteiger partial charge < -0.3 is 0 Å². The minimum Gasteiger partial charge on any atom is -0.264 e. The number of benzene rings is 7. The van der Waals surface area contributed by atoms with Crippen LogP contribution in [0.4, 0.5) is 0 Å². The Morgan fingerprint density at radius 1 is 0.364 bits per heavy atom. The molecular weight excluding hydrogens is 667 g/mol. The minimum atomic E-state index is -0.0280. The summed E-state index contributed by atoms with van der Waals surface area (Å²) in [7, 11) is 0. The van der Waals surface area contributed by atoms with Crippen molar-refractivity contribution in [2.45, 2.75) is 19.3 Å². The normalized spacial score (nSPS) is 12.7. The van der Waals surface area contributed by atoms with Crippen LogP contribution >= 0.6 is 0 Å². The van der Waals surface area contributed by atoms with Crippen molar-refractivity contribution < 1.29 is 0 Å². The van der Waals surface area contributed by atoms with Gasteiger partial charge in [0.1, 0.15) is 0 Å². The highest BCUT2D eigenvalue weighted by Gasteiger charge is 2.35. The fourth-order valence-corrected chi connectivity index (χ4v) is 8.32. The Labute approximate surface area is 321 Å². The number of nitrogens with zero attached hydrogens (tertiary/aromatic N) is 3. The van der Waals surface area contributed by atoms with E-state index in [1.54, 1.807) is 6.20 Å². The van der Waals surface area contributed by atoms with Crippen LogP contribution in [-0.2, 0) is 5.41 Å². The average molecular weight is 704 g/mol. The summed E-state index contributed by atoms with van der Waals surface area (Å²) in [4.78, 5) is 14.6. The van der Waals surface area contributed by atoms with Crippen molar-refractivity contribution in [3.8, 4) is 78.4 Å². The second kappa shape index (κ2) is 13.2. The molecule has 0 aliphatic heterocycles. The second-order valence-corrected chi connectivity index (χ2v) is 14.9. The Kier molecular flexibility index (Phi) is 7.81. The number of hydrogen-bond donors (Lipinski definition) is 0. The fraction of sp³-hybridized carbons (Fsp3) is 0.0577. The van der Waals surface area contributed by atoms with Crippen molar-refractivity contribution >= 4 is 10.8 Å². The average Bonchev–Trinajstić information content (AvgIpc) is 3.49. The van der Waals surface area contributed by atoms with Crippen LogP contribution in [0, 0.1) is 0 Å². The van der Waals surface area contributed by atoms with Crippen LogP contribution in [-0.4, -0.2) is 15.0 Å². The van der Waals surface area contributed by atoms with E-state index in [1.807, 2.05) is 30.5 Å². The van der Waals surface area contributed by atoms with Gasteiger partial charge in [-0.15, -0.1) is 0 Å². The van der Waals surface area contributed by atoms with Crippen LogP contribution < -0.4 is 0 Å². The van der Waals surface area contributed by atoms with Crippen molar-refractivity contribution in [3.63, 3.8) is 0 Å². The molecular formula is C52H37N3. The van der Waals surface area contributed by atoms with Gasteiger partial charge in [0.25, 0.3) is 0 Å². The van der Waals surface area contributed by atoms with Gasteiger partial charge in [-0.25, -0.2) is 9.97 Å².